The fraction of sp³-hybridized carbons (Fsp3) is 0.0909. The molecule has 1 N–H and O–H groups in total. The van der Waals surface area contributed by atoms with Gasteiger partial charge in [0.25, 0.3) is 0 Å². The van der Waals surface area contributed by atoms with E-state index >= 15 is 0 Å². The number of imidazole rings is 1. The van der Waals surface area contributed by atoms with Crippen molar-refractivity contribution in [2.75, 3.05) is 0 Å². The Morgan fingerprint density at radius 3 is 1.96 bits per heavy atom. The molecule has 0 saturated carbocycles. The van der Waals surface area contributed by atoms with Crippen LogP contribution >= 0.6 is 0 Å². The molecule has 2 aromatic heterocycles. The molecule has 0 bridgehead atoms. The Morgan fingerprint density at radius 2 is 1.36 bits per heavy atom. The van der Waals surface area contributed by atoms with Crippen molar-refractivity contribution in [3.05, 3.63) is 84.1 Å². The van der Waals surface area contributed by atoms with E-state index in [1.807, 2.05) is 18.2 Å². The summed E-state index contributed by atoms with van der Waals surface area (Å²) in [6.07, 6.45) is 1.79. The number of benzene rings is 2. The number of aromatic amines is 1. The van der Waals surface area contributed by atoms with Crippen LogP contribution in [0.4, 0.5) is 0 Å². The van der Waals surface area contributed by atoms with Gasteiger partial charge in [0, 0.05) is 17.3 Å². The van der Waals surface area contributed by atoms with E-state index in [0.29, 0.717) is 0 Å². The van der Waals surface area contributed by atoms with E-state index in [1.165, 1.54) is 11.1 Å². The number of pyridine rings is 1. The molecule has 0 aliphatic heterocycles. The zero-order valence-electron chi connectivity index (χ0n) is 14.3. The van der Waals surface area contributed by atoms with E-state index in [2.05, 4.69) is 72.3 Å². The number of hydrogen-bond donors (Lipinski definition) is 1. The fourth-order valence-corrected chi connectivity index (χ4v) is 2.85. The largest absolute Gasteiger partial charge is 0.336 e. The lowest BCUT2D eigenvalue weighted by molar-refractivity contribution is 1.22. The van der Waals surface area contributed by atoms with E-state index in [4.69, 9.17) is 4.98 Å². The number of H-pyrrole nitrogens is 1. The summed E-state index contributed by atoms with van der Waals surface area (Å²) in [4.78, 5) is 12.8. The molecule has 4 aromatic rings. The molecule has 2 heterocycles. The van der Waals surface area contributed by atoms with E-state index in [9.17, 15) is 0 Å². The number of rotatable bonds is 3. The summed E-state index contributed by atoms with van der Waals surface area (Å²) >= 11 is 0. The molecule has 0 aliphatic carbocycles. The minimum absolute atomic E-state index is 0.784. The minimum atomic E-state index is 0.784. The van der Waals surface area contributed by atoms with Crippen LogP contribution in [0.15, 0.2) is 72.9 Å². The van der Waals surface area contributed by atoms with E-state index in [-0.39, 0.29) is 0 Å². The predicted octanol–water partition coefficient (Wildman–Crippen LogP) is 5.42. The van der Waals surface area contributed by atoms with Crippen LogP contribution in [0.25, 0.3) is 34.0 Å². The van der Waals surface area contributed by atoms with Gasteiger partial charge in [-0.25, -0.2) is 4.98 Å². The molecule has 4 rings (SSSR count). The van der Waals surface area contributed by atoms with Crippen molar-refractivity contribution in [1.29, 1.82) is 0 Å². The average Bonchev–Trinajstić information content (AvgIpc) is 3.09. The van der Waals surface area contributed by atoms with E-state index in [0.717, 1.165) is 34.0 Å². The third-order valence-electron chi connectivity index (χ3n) is 4.28. The maximum atomic E-state index is 4.86. The molecular formula is C22H19N3. The number of aryl methyl sites for hydroxylation is 2. The quantitative estimate of drug-likeness (QED) is 0.546. The van der Waals surface area contributed by atoms with Crippen molar-refractivity contribution in [2.45, 2.75) is 13.8 Å². The van der Waals surface area contributed by atoms with Crippen LogP contribution in [-0.4, -0.2) is 15.0 Å². The first-order valence-corrected chi connectivity index (χ1v) is 8.36. The Bertz CT molecular complexity index is 919. The molecule has 122 valence electrons. The SMILES string of the molecule is Cc1ccc(-c2nc(-c3ccccn3)[nH]c2-c2ccc(C)cc2)cc1. The molecule has 0 radical (unpaired) electrons. The van der Waals surface area contributed by atoms with Gasteiger partial charge in [-0.15, -0.1) is 0 Å². The highest BCUT2D eigenvalue weighted by molar-refractivity contribution is 5.81. The summed E-state index contributed by atoms with van der Waals surface area (Å²) in [5.74, 6) is 0.784. The van der Waals surface area contributed by atoms with E-state index < -0.39 is 0 Å². The number of hydrogen-bond acceptors (Lipinski definition) is 2. The van der Waals surface area contributed by atoms with Crippen molar-refractivity contribution in [2.24, 2.45) is 0 Å². The van der Waals surface area contributed by atoms with Gasteiger partial charge < -0.3 is 4.98 Å². The minimum Gasteiger partial charge on any atom is -0.336 e. The van der Waals surface area contributed by atoms with Gasteiger partial charge in [-0.1, -0.05) is 65.7 Å². The normalized spacial score (nSPS) is 10.8. The maximum absolute atomic E-state index is 4.86. The van der Waals surface area contributed by atoms with Crippen molar-refractivity contribution in [1.82, 2.24) is 15.0 Å². The summed E-state index contributed by atoms with van der Waals surface area (Å²) in [7, 11) is 0. The topological polar surface area (TPSA) is 41.6 Å². The zero-order valence-corrected chi connectivity index (χ0v) is 14.3. The first-order chi connectivity index (χ1) is 12.2. The van der Waals surface area contributed by atoms with Crippen molar-refractivity contribution in [3.63, 3.8) is 0 Å². The Kier molecular flexibility index (Phi) is 3.90. The molecule has 3 heteroatoms. The van der Waals surface area contributed by atoms with Gasteiger partial charge in [0.2, 0.25) is 0 Å². The molecule has 0 amide bonds. The van der Waals surface area contributed by atoms with Crippen LogP contribution in [0, 0.1) is 13.8 Å². The molecule has 0 atom stereocenters. The third-order valence-corrected chi connectivity index (χ3v) is 4.28. The van der Waals surface area contributed by atoms with Crippen molar-refractivity contribution >= 4 is 0 Å². The van der Waals surface area contributed by atoms with Gasteiger partial charge in [-0.3, -0.25) is 4.98 Å². The van der Waals surface area contributed by atoms with Gasteiger partial charge in [0.1, 0.15) is 5.69 Å². The highest BCUT2D eigenvalue weighted by atomic mass is 15.0. The van der Waals surface area contributed by atoms with Gasteiger partial charge in [0.05, 0.1) is 11.4 Å². The van der Waals surface area contributed by atoms with Gasteiger partial charge in [0.15, 0.2) is 5.82 Å². The third kappa shape index (κ3) is 3.09. The Balaban J connectivity index is 1.89. The second-order valence-corrected chi connectivity index (χ2v) is 6.26. The molecule has 0 unspecified atom stereocenters. The van der Waals surface area contributed by atoms with Crippen LogP contribution < -0.4 is 0 Å². The van der Waals surface area contributed by atoms with Crippen LogP contribution in [-0.2, 0) is 0 Å². The predicted molar refractivity (Wildman–Crippen MR) is 102 cm³/mol. The summed E-state index contributed by atoms with van der Waals surface area (Å²) in [5.41, 5.74) is 7.50. The first kappa shape index (κ1) is 15.3. The van der Waals surface area contributed by atoms with Crippen LogP contribution in [0.2, 0.25) is 0 Å². The summed E-state index contributed by atoms with van der Waals surface area (Å²) in [5, 5.41) is 0. The Labute approximate surface area is 147 Å². The summed E-state index contributed by atoms with van der Waals surface area (Å²) in [6.45, 7) is 4.19. The lowest BCUT2D eigenvalue weighted by atomic mass is 10.0. The molecule has 0 spiro atoms. The van der Waals surface area contributed by atoms with E-state index in [1.54, 1.807) is 6.20 Å². The van der Waals surface area contributed by atoms with Gasteiger partial charge >= 0.3 is 0 Å². The van der Waals surface area contributed by atoms with Crippen LogP contribution in [0.5, 0.6) is 0 Å². The average molecular weight is 325 g/mol. The second-order valence-electron chi connectivity index (χ2n) is 6.26. The summed E-state index contributed by atoms with van der Waals surface area (Å²) in [6, 6.07) is 22.8. The zero-order chi connectivity index (χ0) is 17.2. The smallest absolute Gasteiger partial charge is 0.157 e. The maximum Gasteiger partial charge on any atom is 0.157 e. The van der Waals surface area contributed by atoms with Crippen LogP contribution in [0.1, 0.15) is 11.1 Å². The molecule has 0 fully saturated rings. The summed E-state index contributed by atoms with van der Waals surface area (Å²) < 4.78 is 0. The van der Waals surface area contributed by atoms with Crippen molar-refractivity contribution < 1.29 is 0 Å². The number of aromatic nitrogens is 3. The fourth-order valence-electron chi connectivity index (χ4n) is 2.85. The monoisotopic (exact) mass is 325 g/mol. The molecular weight excluding hydrogens is 306 g/mol. The van der Waals surface area contributed by atoms with Gasteiger partial charge in [-0.2, -0.15) is 0 Å². The highest BCUT2D eigenvalue weighted by Crippen LogP contribution is 2.32. The number of nitrogens with one attached hydrogen (secondary N) is 1. The van der Waals surface area contributed by atoms with Crippen LogP contribution in [0.3, 0.4) is 0 Å². The molecule has 3 nitrogen and oxygen atoms in total. The molecule has 25 heavy (non-hydrogen) atoms. The lowest BCUT2D eigenvalue weighted by Crippen LogP contribution is -1.84. The lowest BCUT2D eigenvalue weighted by Gasteiger charge is -2.04. The highest BCUT2D eigenvalue weighted by Gasteiger charge is 2.15. The first-order valence-electron chi connectivity index (χ1n) is 8.36. The van der Waals surface area contributed by atoms with Crippen molar-refractivity contribution in [3.8, 4) is 34.0 Å². The number of nitrogens with zero attached hydrogens (tertiary/aromatic N) is 2. The standard InChI is InChI=1S/C22H19N3/c1-15-6-10-17(11-7-15)20-21(18-12-8-16(2)9-13-18)25-22(24-20)19-5-3-4-14-23-19/h3-14H,1-2H3,(H,24,25). The Hall–Kier alpha value is -3.20. The van der Waals surface area contributed by atoms with Gasteiger partial charge in [-0.05, 0) is 26.0 Å². The Morgan fingerprint density at radius 1 is 0.720 bits per heavy atom. The molecule has 2 aromatic carbocycles. The second kappa shape index (κ2) is 6.36. The molecule has 0 saturated heterocycles. The molecule has 0 aliphatic rings.